The van der Waals surface area contributed by atoms with Gasteiger partial charge in [0.25, 0.3) is 0 Å². The van der Waals surface area contributed by atoms with E-state index in [-0.39, 0.29) is 127 Å². The van der Waals surface area contributed by atoms with Crippen molar-refractivity contribution in [1.29, 1.82) is 0 Å². The van der Waals surface area contributed by atoms with Crippen molar-refractivity contribution in [3.8, 4) is 0 Å². The zero-order chi connectivity index (χ0) is 37.1. The van der Waals surface area contributed by atoms with Gasteiger partial charge in [0.15, 0.2) is 0 Å². The molecule has 3 amide bonds. The molecule has 0 spiro atoms. The van der Waals surface area contributed by atoms with Gasteiger partial charge in [-0.25, -0.2) is 4.79 Å². The predicted molar refractivity (Wildman–Crippen MR) is 189 cm³/mol. The SMILES string of the molecule is CC(C)C(=O)OCc1ccc(NC(=O)[C@H](CCCNC(N)=O)CC(=O)[C@@H](C[C-]=O)C(C)C)cc1.CC(C)[C-]=O.C[C-](C)C.C[C-](C)C.[Y].[Y]. The summed E-state index contributed by atoms with van der Waals surface area (Å²) in [4.78, 5) is 68.5. The summed E-state index contributed by atoms with van der Waals surface area (Å²) >= 11 is 0. The van der Waals surface area contributed by atoms with E-state index in [9.17, 15) is 28.8 Å². The van der Waals surface area contributed by atoms with Crippen LogP contribution in [0.2, 0.25) is 0 Å². The summed E-state index contributed by atoms with van der Waals surface area (Å²) < 4.78 is 5.20. The van der Waals surface area contributed by atoms with Gasteiger partial charge in [0.1, 0.15) is 12.4 Å². The third-order valence-corrected chi connectivity index (χ3v) is 5.68. The molecular formula is C37H61N3O7Y2-4. The molecule has 1 aromatic rings. The van der Waals surface area contributed by atoms with Gasteiger partial charge in [-0.15, -0.1) is 12.3 Å². The minimum atomic E-state index is -0.655. The Kier molecular flexibility index (Phi) is 40.8. The van der Waals surface area contributed by atoms with E-state index >= 15 is 0 Å². The Labute approximate surface area is 347 Å². The third kappa shape index (κ3) is 37.7. The maximum Gasteiger partial charge on any atom is 0.312 e. The molecule has 49 heavy (non-hydrogen) atoms. The van der Waals surface area contributed by atoms with Crippen LogP contribution in [0.4, 0.5) is 10.5 Å². The molecule has 0 saturated carbocycles. The number of rotatable bonds is 16. The van der Waals surface area contributed by atoms with Crippen LogP contribution in [0.25, 0.3) is 0 Å². The standard InChI is InChI=1S/C25H36N3O6.C4H7O.2C4H9.2Y/c1-16(2)21(11-13-29)22(30)14-19(6-5-12-27-25(26)33)23(31)28-20-9-7-18(8-10-20)15-34-24(32)17(3)4;1-4(2)3-5;2*1-4(2)3;;/h7-10,16-17,19,21H,5-6,11-12,14-15H2,1-4H3,(H,28,31)(H3,26,27,33);4H,1-2H3;2*1-3H3;;/q4*-1;;/t19-,21+;;;;;/m1...../s1. The van der Waals surface area contributed by atoms with Crippen LogP contribution in [-0.4, -0.2) is 42.8 Å². The molecule has 0 fully saturated rings. The van der Waals surface area contributed by atoms with Gasteiger partial charge in [-0.2, -0.15) is 41.5 Å². The summed E-state index contributed by atoms with van der Waals surface area (Å²) in [7, 11) is 0. The normalized spacial score (nSPS) is 11.1. The predicted octanol–water partition coefficient (Wildman–Crippen LogP) is 7.11. The molecule has 2 radical (unpaired) electrons. The first kappa shape index (κ1) is 57.0. The van der Waals surface area contributed by atoms with Crippen molar-refractivity contribution in [2.75, 3.05) is 11.9 Å². The van der Waals surface area contributed by atoms with E-state index in [1.165, 1.54) is 11.8 Å². The molecule has 0 aliphatic heterocycles. The van der Waals surface area contributed by atoms with E-state index in [0.29, 0.717) is 18.5 Å². The van der Waals surface area contributed by atoms with Crippen molar-refractivity contribution in [2.45, 2.75) is 115 Å². The van der Waals surface area contributed by atoms with Crippen LogP contribution in [0.1, 0.15) is 114 Å². The average molecular weight is 838 g/mol. The zero-order valence-corrected chi connectivity index (χ0v) is 37.7. The molecule has 276 valence electrons. The minimum Gasteiger partial charge on any atom is -0.542 e. The number of nitrogens with one attached hydrogen (secondary N) is 2. The number of benzene rings is 1. The Balaban J connectivity index is -0.000000365. The van der Waals surface area contributed by atoms with Crippen molar-refractivity contribution >= 4 is 42.0 Å². The van der Waals surface area contributed by atoms with E-state index in [0.717, 1.165) is 5.56 Å². The summed E-state index contributed by atoms with van der Waals surface area (Å²) in [6.45, 7) is 23.7. The van der Waals surface area contributed by atoms with Gasteiger partial charge < -0.3 is 42.5 Å². The van der Waals surface area contributed by atoms with E-state index in [2.05, 4.69) is 52.2 Å². The van der Waals surface area contributed by atoms with Crippen LogP contribution < -0.4 is 16.4 Å². The molecule has 0 aliphatic carbocycles. The number of amides is 3. The van der Waals surface area contributed by atoms with Crippen LogP contribution in [0.5, 0.6) is 0 Å². The number of carbonyl (C=O) groups excluding carboxylic acids is 6. The summed E-state index contributed by atoms with van der Waals surface area (Å²) in [6.07, 6.45) is 4.38. The van der Waals surface area contributed by atoms with E-state index in [1.54, 1.807) is 64.5 Å². The topological polar surface area (TPSA) is 162 Å². The van der Waals surface area contributed by atoms with Crippen LogP contribution in [0.3, 0.4) is 0 Å². The number of anilines is 1. The van der Waals surface area contributed by atoms with Gasteiger partial charge in [-0.05, 0) is 42.4 Å². The van der Waals surface area contributed by atoms with Gasteiger partial charge in [0, 0.05) is 90.0 Å². The van der Waals surface area contributed by atoms with Crippen molar-refractivity contribution in [3.63, 3.8) is 0 Å². The van der Waals surface area contributed by atoms with Gasteiger partial charge in [0.2, 0.25) is 5.91 Å². The van der Waals surface area contributed by atoms with E-state index in [4.69, 9.17) is 10.5 Å². The maximum absolute atomic E-state index is 13.0. The first-order chi connectivity index (χ1) is 21.8. The van der Waals surface area contributed by atoms with Crippen molar-refractivity contribution in [3.05, 3.63) is 41.7 Å². The maximum atomic E-state index is 13.0. The first-order valence-corrected chi connectivity index (χ1v) is 16.2. The van der Waals surface area contributed by atoms with Crippen molar-refractivity contribution in [1.82, 2.24) is 5.32 Å². The molecule has 0 bridgehead atoms. The average Bonchev–Trinajstić information content (AvgIpc) is 2.96. The van der Waals surface area contributed by atoms with Crippen LogP contribution >= 0.6 is 0 Å². The molecule has 1 rings (SSSR count). The van der Waals surface area contributed by atoms with Gasteiger partial charge in [-0.3, -0.25) is 27.0 Å². The number of hydrogen-bond acceptors (Lipinski definition) is 7. The number of nitrogens with two attached hydrogens (primary N) is 1. The monoisotopic (exact) mass is 837 g/mol. The molecule has 10 nitrogen and oxygen atoms in total. The third-order valence-electron chi connectivity index (χ3n) is 5.68. The van der Waals surface area contributed by atoms with Crippen molar-refractivity contribution in [2.24, 2.45) is 35.3 Å². The zero-order valence-electron chi connectivity index (χ0n) is 32.0. The number of ketones is 1. The molecule has 2 atom stereocenters. The molecule has 0 saturated heterocycles. The Morgan fingerprint density at radius 3 is 1.69 bits per heavy atom. The Hall–Kier alpha value is -1.35. The second-order valence-corrected chi connectivity index (χ2v) is 13.2. The quantitative estimate of drug-likeness (QED) is 0.0909. The van der Waals surface area contributed by atoms with Gasteiger partial charge in [-0.1, -0.05) is 53.7 Å². The fraction of sp³-hybridized carbons (Fsp3) is 0.622. The fourth-order valence-electron chi connectivity index (χ4n) is 3.34. The Bertz CT molecular complexity index is 1020. The van der Waals surface area contributed by atoms with E-state index < -0.39 is 17.9 Å². The smallest absolute Gasteiger partial charge is 0.312 e. The number of esters is 1. The molecule has 4 N–H and O–H groups in total. The number of urea groups is 1. The summed E-state index contributed by atoms with van der Waals surface area (Å²) in [5.41, 5.74) is 6.39. The van der Waals surface area contributed by atoms with Gasteiger partial charge >= 0.3 is 12.0 Å². The van der Waals surface area contributed by atoms with Gasteiger partial charge in [0.05, 0.1) is 5.92 Å². The number of hydrogen-bond donors (Lipinski definition) is 3. The summed E-state index contributed by atoms with van der Waals surface area (Å²) in [5.74, 6) is 0.735. The van der Waals surface area contributed by atoms with Crippen molar-refractivity contribution < 1.29 is 98.9 Å². The number of primary amides is 1. The minimum absolute atomic E-state index is 0. The molecule has 0 aromatic heterocycles. The largest absolute Gasteiger partial charge is 0.542 e. The van der Waals surface area contributed by atoms with Crippen LogP contribution in [-0.2, 0) is 101 Å². The number of ether oxygens (including phenoxy) is 1. The molecule has 0 aliphatic rings. The summed E-state index contributed by atoms with van der Waals surface area (Å²) in [6, 6.07) is 6.23. The Morgan fingerprint density at radius 1 is 0.857 bits per heavy atom. The molecular weight excluding hydrogens is 776 g/mol. The second-order valence-electron chi connectivity index (χ2n) is 13.2. The second kappa shape index (κ2) is 35.1. The Morgan fingerprint density at radius 2 is 1.33 bits per heavy atom. The molecule has 1 aromatic carbocycles. The summed E-state index contributed by atoms with van der Waals surface area (Å²) in [5, 5.41) is 5.29. The van der Waals surface area contributed by atoms with E-state index in [1.807, 2.05) is 13.8 Å². The number of carbonyl (C=O) groups is 4. The molecule has 12 heteroatoms. The fourth-order valence-corrected chi connectivity index (χ4v) is 3.34. The number of Topliss-reactive ketones (excluding diaryl/α,β-unsaturated/α-hetero) is 1. The first-order valence-electron chi connectivity index (χ1n) is 16.2. The molecule has 0 heterocycles. The molecule has 0 unspecified atom stereocenters. The van der Waals surface area contributed by atoms with Crippen LogP contribution in [0.15, 0.2) is 24.3 Å². The van der Waals surface area contributed by atoms with Crippen LogP contribution in [0, 0.1) is 41.4 Å².